The quantitative estimate of drug-likeness (QED) is 0.410. The molecule has 5 nitrogen and oxygen atoms in total. The molecule has 0 aromatic heterocycles. The number of carbonyl (C=O) groups is 1. The van der Waals surface area contributed by atoms with E-state index in [2.05, 4.69) is 4.99 Å². The highest BCUT2D eigenvalue weighted by atomic mass is 16.6. The third kappa shape index (κ3) is 4.51. The average Bonchev–Trinajstić information content (AvgIpc) is 3.13. The van der Waals surface area contributed by atoms with E-state index in [1.165, 1.54) is 0 Å². The number of methoxy groups -OCH3 is 1. The van der Waals surface area contributed by atoms with E-state index in [9.17, 15) is 4.79 Å². The Hall–Kier alpha value is -3.86. The number of ether oxygens (including phenoxy) is 3. The minimum Gasteiger partial charge on any atom is -0.493 e. The molecule has 0 unspecified atom stereocenters. The van der Waals surface area contributed by atoms with Crippen LogP contribution in [0.25, 0.3) is 6.08 Å². The first-order chi connectivity index (χ1) is 15.0. The summed E-state index contributed by atoms with van der Waals surface area (Å²) in [4.78, 5) is 16.8. The summed E-state index contributed by atoms with van der Waals surface area (Å²) in [5.41, 5.74) is 5.06. The number of nitrogens with zero attached hydrogens (tertiary/aromatic N) is 1. The summed E-state index contributed by atoms with van der Waals surface area (Å²) in [5.74, 6) is 1.05. The molecular formula is C26H23NO4. The number of aliphatic imine (C=N–C) groups is 1. The van der Waals surface area contributed by atoms with Crippen molar-refractivity contribution in [1.29, 1.82) is 0 Å². The highest BCUT2D eigenvalue weighted by Crippen LogP contribution is 2.31. The van der Waals surface area contributed by atoms with Crippen LogP contribution in [0.15, 0.2) is 77.4 Å². The second-order valence-corrected chi connectivity index (χ2v) is 7.28. The molecule has 0 saturated carbocycles. The maximum absolute atomic E-state index is 12.4. The Bertz CT molecular complexity index is 1190. The maximum atomic E-state index is 12.4. The second-order valence-electron chi connectivity index (χ2n) is 7.28. The van der Waals surface area contributed by atoms with Gasteiger partial charge in [0.25, 0.3) is 0 Å². The van der Waals surface area contributed by atoms with Gasteiger partial charge in [0.1, 0.15) is 6.61 Å². The molecule has 3 aromatic carbocycles. The van der Waals surface area contributed by atoms with Crippen molar-refractivity contribution in [1.82, 2.24) is 0 Å². The Morgan fingerprint density at radius 2 is 1.68 bits per heavy atom. The molecular weight excluding hydrogens is 390 g/mol. The molecule has 1 heterocycles. The summed E-state index contributed by atoms with van der Waals surface area (Å²) in [5, 5.41) is 0. The van der Waals surface area contributed by atoms with Crippen molar-refractivity contribution in [2.24, 2.45) is 4.99 Å². The Morgan fingerprint density at radius 3 is 2.42 bits per heavy atom. The van der Waals surface area contributed by atoms with Crippen LogP contribution in [0.2, 0.25) is 0 Å². The van der Waals surface area contributed by atoms with E-state index in [-0.39, 0.29) is 5.70 Å². The van der Waals surface area contributed by atoms with Crippen molar-refractivity contribution in [3.63, 3.8) is 0 Å². The molecule has 0 amide bonds. The predicted molar refractivity (Wildman–Crippen MR) is 120 cm³/mol. The Balaban J connectivity index is 1.60. The summed E-state index contributed by atoms with van der Waals surface area (Å²) >= 11 is 0. The third-order valence-electron chi connectivity index (χ3n) is 5.13. The van der Waals surface area contributed by atoms with Crippen LogP contribution in [0, 0.1) is 13.8 Å². The standard InChI is InChI=1S/C26H23NO4/c1-17-8-4-6-10-20(17)16-30-24-15-19(12-13-23(24)29-3)14-22-26(28)31-25(27-22)21-11-7-5-9-18(21)2/h4-15H,16H2,1-3H3/b22-14-. The topological polar surface area (TPSA) is 57.1 Å². The Labute approximate surface area is 181 Å². The lowest BCUT2D eigenvalue weighted by atomic mass is 10.1. The fraction of sp³-hybridized carbons (Fsp3) is 0.154. The van der Waals surface area contributed by atoms with E-state index in [0.29, 0.717) is 24.0 Å². The summed E-state index contributed by atoms with van der Waals surface area (Å²) in [6.07, 6.45) is 1.69. The molecule has 1 aliphatic heterocycles. The van der Waals surface area contributed by atoms with Gasteiger partial charge in [0.15, 0.2) is 17.2 Å². The number of hydrogen-bond acceptors (Lipinski definition) is 5. The van der Waals surface area contributed by atoms with Gasteiger partial charge in [0, 0.05) is 5.56 Å². The molecule has 0 bridgehead atoms. The number of esters is 1. The molecule has 0 spiro atoms. The number of rotatable bonds is 6. The van der Waals surface area contributed by atoms with Crippen LogP contribution in [0.1, 0.15) is 27.8 Å². The zero-order chi connectivity index (χ0) is 21.8. The van der Waals surface area contributed by atoms with Crippen LogP contribution in [0.4, 0.5) is 0 Å². The van der Waals surface area contributed by atoms with Crippen LogP contribution in [0.5, 0.6) is 11.5 Å². The van der Waals surface area contributed by atoms with Gasteiger partial charge >= 0.3 is 5.97 Å². The van der Waals surface area contributed by atoms with E-state index in [4.69, 9.17) is 14.2 Å². The highest BCUT2D eigenvalue weighted by Gasteiger charge is 2.25. The van der Waals surface area contributed by atoms with Gasteiger partial charge < -0.3 is 14.2 Å². The summed E-state index contributed by atoms with van der Waals surface area (Å²) in [7, 11) is 1.60. The van der Waals surface area contributed by atoms with Crippen molar-refractivity contribution in [2.75, 3.05) is 7.11 Å². The van der Waals surface area contributed by atoms with Crippen LogP contribution in [-0.4, -0.2) is 19.0 Å². The summed E-state index contributed by atoms with van der Waals surface area (Å²) in [6, 6.07) is 21.2. The number of hydrogen-bond donors (Lipinski definition) is 0. The lowest BCUT2D eigenvalue weighted by Gasteiger charge is -2.12. The first-order valence-corrected chi connectivity index (χ1v) is 9.99. The van der Waals surface area contributed by atoms with Gasteiger partial charge in [-0.3, -0.25) is 0 Å². The highest BCUT2D eigenvalue weighted by molar-refractivity contribution is 6.13. The fourth-order valence-corrected chi connectivity index (χ4v) is 3.32. The third-order valence-corrected chi connectivity index (χ3v) is 5.13. The lowest BCUT2D eigenvalue weighted by molar-refractivity contribution is -0.129. The van der Waals surface area contributed by atoms with Gasteiger partial charge in [-0.05, 0) is 60.4 Å². The minimum atomic E-state index is -0.476. The largest absolute Gasteiger partial charge is 0.493 e. The lowest BCUT2D eigenvalue weighted by Crippen LogP contribution is -2.06. The SMILES string of the molecule is COc1ccc(/C=C2\N=C(c3ccccc3C)OC2=O)cc1OCc1ccccc1C. The average molecular weight is 413 g/mol. The maximum Gasteiger partial charge on any atom is 0.363 e. The van der Waals surface area contributed by atoms with Crippen LogP contribution >= 0.6 is 0 Å². The Morgan fingerprint density at radius 1 is 0.935 bits per heavy atom. The smallest absolute Gasteiger partial charge is 0.363 e. The van der Waals surface area contributed by atoms with Gasteiger partial charge in [-0.15, -0.1) is 0 Å². The van der Waals surface area contributed by atoms with Gasteiger partial charge in [-0.1, -0.05) is 48.5 Å². The zero-order valence-corrected chi connectivity index (χ0v) is 17.7. The fourth-order valence-electron chi connectivity index (χ4n) is 3.32. The molecule has 0 fully saturated rings. The number of carbonyl (C=O) groups excluding carboxylic acids is 1. The number of aryl methyl sites for hydroxylation is 2. The molecule has 0 N–H and O–H groups in total. The molecule has 5 heteroatoms. The first-order valence-electron chi connectivity index (χ1n) is 9.99. The molecule has 31 heavy (non-hydrogen) atoms. The van der Waals surface area contributed by atoms with Gasteiger partial charge in [-0.2, -0.15) is 0 Å². The molecule has 0 radical (unpaired) electrons. The monoisotopic (exact) mass is 413 g/mol. The van der Waals surface area contributed by atoms with Crippen molar-refractivity contribution >= 4 is 17.9 Å². The van der Waals surface area contributed by atoms with E-state index < -0.39 is 5.97 Å². The second kappa shape index (κ2) is 8.88. The Kier molecular flexibility index (Phi) is 5.85. The molecule has 0 saturated heterocycles. The normalized spacial score (nSPS) is 14.4. The van der Waals surface area contributed by atoms with Crippen LogP contribution < -0.4 is 9.47 Å². The molecule has 4 rings (SSSR count). The summed E-state index contributed by atoms with van der Waals surface area (Å²) in [6.45, 7) is 4.42. The van der Waals surface area contributed by atoms with E-state index >= 15 is 0 Å². The molecule has 0 atom stereocenters. The molecule has 0 aliphatic carbocycles. The van der Waals surface area contributed by atoms with E-state index in [0.717, 1.165) is 27.8 Å². The van der Waals surface area contributed by atoms with Crippen LogP contribution in [-0.2, 0) is 16.1 Å². The molecule has 156 valence electrons. The molecule has 1 aliphatic rings. The van der Waals surface area contributed by atoms with Gasteiger partial charge in [0.05, 0.1) is 7.11 Å². The van der Waals surface area contributed by atoms with Crippen molar-refractivity contribution < 1.29 is 19.0 Å². The van der Waals surface area contributed by atoms with Gasteiger partial charge in [0.2, 0.25) is 5.90 Å². The predicted octanol–water partition coefficient (Wildman–Crippen LogP) is 5.24. The van der Waals surface area contributed by atoms with Crippen molar-refractivity contribution in [2.45, 2.75) is 20.5 Å². The van der Waals surface area contributed by atoms with E-state index in [1.807, 2.05) is 80.6 Å². The van der Waals surface area contributed by atoms with Crippen molar-refractivity contribution in [3.8, 4) is 11.5 Å². The van der Waals surface area contributed by atoms with Crippen molar-refractivity contribution in [3.05, 3.63) is 100 Å². The first kappa shape index (κ1) is 20.4. The van der Waals surface area contributed by atoms with E-state index in [1.54, 1.807) is 13.2 Å². The van der Waals surface area contributed by atoms with Crippen LogP contribution in [0.3, 0.4) is 0 Å². The zero-order valence-electron chi connectivity index (χ0n) is 17.7. The number of cyclic esters (lactones) is 1. The summed E-state index contributed by atoms with van der Waals surface area (Å²) < 4.78 is 16.9. The molecule has 3 aromatic rings. The minimum absolute atomic E-state index is 0.244. The number of benzene rings is 3. The van der Waals surface area contributed by atoms with Gasteiger partial charge in [-0.25, -0.2) is 9.79 Å².